The maximum absolute atomic E-state index is 12.6. The lowest BCUT2D eigenvalue weighted by molar-refractivity contribution is -0.115. The second kappa shape index (κ2) is 11.2. The van der Waals surface area contributed by atoms with Gasteiger partial charge in [0.25, 0.3) is 5.91 Å². The monoisotopic (exact) mass is 527 g/mol. The summed E-state index contributed by atoms with van der Waals surface area (Å²) in [7, 11) is 0. The van der Waals surface area contributed by atoms with Gasteiger partial charge in [0, 0.05) is 4.88 Å². The number of rotatable bonds is 8. The molecule has 0 atom stereocenters. The molecule has 1 N–H and O–H groups in total. The van der Waals surface area contributed by atoms with Crippen LogP contribution < -0.4 is 10.1 Å². The minimum absolute atomic E-state index is 0.0580. The van der Waals surface area contributed by atoms with E-state index in [4.69, 9.17) is 11.2 Å². The minimum atomic E-state index is -0.400. The molecule has 1 aromatic carbocycles. The van der Waals surface area contributed by atoms with Crippen molar-refractivity contribution in [2.24, 2.45) is 4.99 Å². The van der Waals surface area contributed by atoms with Crippen molar-refractivity contribution in [2.75, 3.05) is 23.4 Å². The standard InChI is InChI=1S/C25H25N3O4S3/c1-4-11-28-17-10-9-15(3)12-19(17)35-25(28)27-21(30)14-33-13-20(29)26-23-22(24(31)32-5-2)16-7-6-8-18(16)34-23/h1,9-10,12H,5-8,11,13-14H2,2-3H3,(H,26,29). The average molecular weight is 528 g/mol. The molecule has 2 amide bonds. The Kier molecular flexibility index (Phi) is 8.11. The van der Waals surface area contributed by atoms with Gasteiger partial charge in [-0.05, 0) is 56.4 Å². The number of anilines is 1. The van der Waals surface area contributed by atoms with Gasteiger partial charge in [-0.15, -0.1) is 29.5 Å². The van der Waals surface area contributed by atoms with Crippen molar-refractivity contribution < 1.29 is 19.1 Å². The molecule has 10 heteroatoms. The first-order valence-electron chi connectivity index (χ1n) is 11.2. The first kappa shape index (κ1) is 25.2. The second-order valence-electron chi connectivity index (χ2n) is 7.97. The summed E-state index contributed by atoms with van der Waals surface area (Å²) < 4.78 is 8.06. The number of thiazole rings is 1. The molecule has 2 heterocycles. The number of benzene rings is 1. The highest BCUT2D eigenvalue weighted by Gasteiger charge is 2.28. The molecule has 0 unspecified atom stereocenters. The normalized spacial score (nSPS) is 13.0. The van der Waals surface area contributed by atoms with Gasteiger partial charge in [-0.2, -0.15) is 4.99 Å². The molecule has 0 spiro atoms. The molecule has 0 saturated heterocycles. The number of hydrogen-bond acceptors (Lipinski definition) is 7. The Balaban J connectivity index is 1.40. The Labute approximate surface area is 215 Å². The lowest BCUT2D eigenvalue weighted by Gasteiger charge is -2.07. The van der Waals surface area contributed by atoms with Gasteiger partial charge in [-0.25, -0.2) is 4.79 Å². The number of aromatic nitrogens is 1. The van der Waals surface area contributed by atoms with Crippen LogP contribution in [0.25, 0.3) is 10.2 Å². The summed E-state index contributed by atoms with van der Waals surface area (Å²) >= 11 is 4.03. The van der Waals surface area contributed by atoms with Crippen molar-refractivity contribution in [3.8, 4) is 12.3 Å². The maximum atomic E-state index is 12.6. The lowest BCUT2D eigenvalue weighted by atomic mass is 10.1. The third-order valence-electron chi connectivity index (χ3n) is 5.42. The third-order valence-corrected chi connectivity index (χ3v) is 8.59. The van der Waals surface area contributed by atoms with Crippen LogP contribution in [-0.4, -0.2) is 40.5 Å². The lowest BCUT2D eigenvalue weighted by Crippen LogP contribution is -2.19. The average Bonchev–Trinajstić information content (AvgIpc) is 3.47. The van der Waals surface area contributed by atoms with E-state index in [1.807, 2.05) is 29.7 Å². The van der Waals surface area contributed by atoms with E-state index in [2.05, 4.69) is 16.2 Å². The van der Waals surface area contributed by atoms with Crippen molar-refractivity contribution in [2.45, 2.75) is 39.7 Å². The molecule has 7 nitrogen and oxygen atoms in total. The fraction of sp³-hybridized carbons (Fsp3) is 0.360. The van der Waals surface area contributed by atoms with Gasteiger partial charge >= 0.3 is 5.97 Å². The smallest absolute Gasteiger partial charge is 0.341 e. The first-order chi connectivity index (χ1) is 16.9. The number of fused-ring (bicyclic) bond motifs is 2. The highest BCUT2D eigenvalue weighted by atomic mass is 32.2. The van der Waals surface area contributed by atoms with Crippen LogP contribution in [-0.2, 0) is 33.7 Å². The molecule has 1 aliphatic rings. The van der Waals surface area contributed by atoms with Gasteiger partial charge in [-0.3, -0.25) is 9.59 Å². The summed E-state index contributed by atoms with van der Waals surface area (Å²) in [6.45, 7) is 4.36. The second-order valence-corrected chi connectivity index (χ2v) is 11.1. The van der Waals surface area contributed by atoms with Gasteiger partial charge in [0.15, 0.2) is 4.80 Å². The first-order valence-corrected chi connectivity index (χ1v) is 14.0. The fourth-order valence-corrected chi connectivity index (χ4v) is 6.99. The van der Waals surface area contributed by atoms with E-state index in [-0.39, 0.29) is 29.9 Å². The van der Waals surface area contributed by atoms with E-state index in [0.29, 0.717) is 21.9 Å². The zero-order valence-corrected chi connectivity index (χ0v) is 22.0. The van der Waals surface area contributed by atoms with Gasteiger partial charge in [0.2, 0.25) is 5.91 Å². The fourth-order valence-electron chi connectivity index (χ4n) is 3.95. The number of carbonyl (C=O) groups is 3. The minimum Gasteiger partial charge on any atom is -0.462 e. The summed E-state index contributed by atoms with van der Waals surface area (Å²) in [6.07, 6.45) is 8.24. The highest BCUT2D eigenvalue weighted by molar-refractivity contribution is 8.00. The Morgan fingerprint density at radius 2 is 2.09 bits per heavy atom. The highest BCUT2D eigenvalue weighted by Crippen LogP contribution is 2.39. The quantitative estimate of drug-likeness (QED) is 0.351. The number of amides is 2. The van der Waals surface area contributed by atoms with Crippen LogP contribution in [0.2, 0.25) is 0 Å². The largest absolute Gasteiger partial charge is 0.462 e. The zero-order chi connectivity index (χ0) is 24.9. The molecular formula is C25H25N3O4S3. The summed E-state index contributed by atoms with van der Waals surface area (Å²) in [5, 5.41) is 3.38. The van der Waals surface area contributed by atoms with E-state index < -0.39 is 5.97 Å². The molecule has 0 saturated carbocycles. The number of terminal acetylenes is 1. The van der Waals surface area contributed by atoms with E-state index in [1.165, 1.54) is 34.4 Å². The number of nitrogens with zero attached hydrogens (tertiary/aromatic N) is 2. The van der Waals surface area contributed by atoms with Crippen molar-refractivity contribution >= 4 is 67.4 Å². The van der Waals surface area contributed by atoms with E-state index in [1.54, 1.807) is 6.92 Å². The summed E-state index contributed by atoms with van der Waals surface area (Å²) in [4.78, 5) is 43.5. The Morgan fingerprint density at radius 1 is 1.26 bits per heavy atom. The van der Waals surface area contributed by atoms with Crippen LogP contribution in [0.5, 0.6) is 0 Å². The van der Waals surface area contributed by atoms with Crippen LogP contribution in [0.15, 0.2) is 23.2 Å². The van der Waals surface area contributed by atoms with Crippen LogP contribution >= 0.6 is 34.4 Å². The maximum Gasteiger partial charge on any atom is 0.341 e. The number of nitrogens with one attached hydrogen (secondary N) is 1. The zero-order valence-electron chi connectivity index (χ0n) is 19.5. The van der Waals surface area contributed by atoms with E-state index >= 15 is 0 Å². The molecular weight excluding hydrogens is 502 g/mol. The molecule has 1 aliphatic carbocycles. The van der Waals surface area contributed by atoms with Crippen LogP contribution in [0.3, 0.4) is 0 Å². The van der Waals surface area contributed by atoms with E-state index in [9.17, 15) is 14.4 Å². The topological polar surface area (TPSA) is 89.8 Å². The number of thioether (sulfide) groups is 1. The van der Waals surface area contributed by atoms with Crippen LogP contribution in [0.4, 0.5) is 5.00 Å². The summed E-state index contributed by atoms with van der Waals surface area (Å²) in [6, 6.07) is 6.02. The number of aryl methyl sites for hydroxylation is 2. The summed E-state index contributed by atoms with van der Waals surface area (Å²) in [5.41, 5.74) is 3.53. The van der Waals surface area contributed by atoms with Crippen molar-refractivity contribution in [1.29, 1.82) is 0 Å². The van der Waals surface area contributed by atoms with Gasteiger partial charge in [0.1, 0.15) is 5.00 Å². The molecule has 182 valence electrons. The van der Waals surface area contributed by atoms with Crippen LogP contribution in [0.1, 0.15) is 39.7 Å². The van der Waals surface area contributed by atoms with Crippen LogP contribution in [0, 0.1) is 19.3 Å². The van der Waals surface area contributed by atoms with Gasteiger partial charge in [0.05, 0.1) is 40.4 Å². The van der Waals surface area contributed by atoms with E-state index in [0.717, 1.165) is 45.5 Å². The van der Waals surface area contributed by atoms with Gasteiger partial charge in [-0.1, -0.05) is 23.3 Å². The number of thiophene rings is 1. The molecule has 3 aromatic rings. The summed E-state index contributed by atoms with van der Waals surface area (Å²) in [5.74, 6) is 1.74. The molecule has 35 heavy (non-hydrogen) atoms. The Morgan fingerprint density at radius 3 is 2.86 bits per heavy atom. The van der Waals surface area contributed by atoms with Crippen molar-refractivity contribution in [1.82, 2.24) is 4.57 Å². The molecule has 4 rings (SSSR count). The van der Waals surface area contributed by atoms with Gasteiger partial charge < -0.3 is 14.6 Å². The predicted octanol–water partition coefficient (Wildman–Crippen LogP) is 4.17. The van der Waals surface area contributed by atoms with Crippen molar-refractivity contribution in [3.63, 3.8) is 0 Å². The molecule has 0 fully saturated rings. The predicted molar refractivity (Wildman–Crippen MR) is 142 cm³/mol. The SMILES string of the molecule is C#CCn1c(=NC(=O)CSCC(=O)Nc2sc3c(c2C(=O)OCC)CCC3)sc2cc(C)ccc21. The molecule has 2 aromatic heterocycles. The molecule has 0 bridgehead atoms. The number of carbonyl (C=O) groups excluding carboxylic acids is 3. The number of hydrogen-bond donors (Lipinski definition) is 1. The Hall–Kier alpha value is -2.87. The number of ether oxygens (including phenoxy) is 1. The van der Waals surface area contributed by atoms with Crippen molar-refractivity contribution in [3.05, 3.63) is 44.6 Å². The Bertz CT molecular complexity index is 1410. The number of esters is 1. The molecule has 0 aliphatic heterocycles. The molecule has 0 radical (unpaired) electrons. The third kappa shape index (κ3) is 5.69.